The molecule has 0 amide bonds. The van der Waals surface area contributed by atoms with Crippen LogP contribution in [-0.2, 0) is 19.1 Å². The van der Waals surface area contributed by atoms with Gasteiger partial charge in [0.05, 0.1) is 19.4 Å². The van der Waals surface area contributed by atoms with Crippen LogP contribution < -0.4 is 0 Å². The number of unbranched alkanes of at least 4 members (excludes halogenated alkanes) is 3. The maximum absolute atomic E-state index is 11.0. The zero-order valence-corrected chi connectivity index (χ0v) is 10.4. The van der Waals surface area contributed by atoms with E-state index in [0.29, 0.717) is 13.2 Å². The summed E-state index contributed by atoms with van der Waals surface area (Å²) >= 11 is 0. The average molecular weight is 246 g/mol. The predicted octanol–water partition coefficient (Wildman–Crippen LogP) is 1.99. The molecule has 0 aromatic rings. The normalized spacial score (nSPS) is 10.2. The molecule has 0 spiro atoms. The summed E-state index contributed by atoms with van der Waals surface area (Å²) in [7, 11) is 0. The maximum Gasteiger partial charge on any atom is 0.306 e. The zero-order valence-electron chi connectivity index (χ0n) is 10.4. The standard InChI is InChI=1S/C12H22O5/c1-2-3-4-5-8-16-9-10-17-12(15)7-6-11(13)14/h2-10H2,1H3,(H,13,14). The minimum atomic E-state index is -0.992. The van der Waals surface area contributed by atoms with Crippen LogP contribution in [-0.4, -0.2) is 36.9 Å². The van der Waals surface area contributed by atoms with Crippen LogP contribution in [0.5, 0.6) is 0 Å². The largest absolute Gasteiger partial charge is 0.481 e. The predicted molar refractivity (Wildman–Crippen MR) is 62.8 cm³/mol. The van der Waals surface area contributed by atoms with E-state index in [9.17, 15) is 9.59 Å². The van der Waals surface area contributed by atoms with Crippen molar-refractivity contribution in [3.63, 3.8) is 0 Å². The lowest BCUT2D eigenvalue weighted by Crippen LogP contribution is -2.12. The van der Waals surface area contributed by atoms with Crippen molar-refractivity contribution in [3.05, 3.63) is 0 Å². The molecular weight excluding hydrogens is 224 g/mol. The van der Waals surface area contributed by atoms with Crippen molar-refractivity contribution >= 4 is 11.9 Å². The first-order chi connectivity index (χ1) is 8.16. The quantitative estimate of drug-likeness (QED) is 0.446. The number of carboxylic acids is 1. The summed E-state index contributed by atoms with van der Waals surface area (Å²) < 4.78 is 10.1. The summed E-state index contributed by atoms with van der Waals surface area (Å²) in [4.78, 5) is 21.2. The zero-order chi connectivity index (χ0) is 12.9. The van der Waals surface area contributed by atoms with E-state index in [4.69, 9.17) is 14.6 Å². The fraction of sp³-hybridized carbons (Fsp3) is 0.833. The lowest BCUT2D eigenvalue weighted by atomic mass is 10.2. The Morgan fingerprint density at radius 3 is 2.41 bits per heavy atom. The van der Waals surface area contributed by atoms with Gasteiger partial charge in [-0.3, -0.25) is 9.59 Å². The highest BCUT2D eigenvalue weighted by Gasteiger charge is 2.05. The molecule has 0 unspecified atom stereocenters. The molecule has 5 heteroatoms. The number of ether oxygens (including phenoxy) is 2. The number of rotatable bonds is 11. The molecule has 0 aromatic carbocycles. The topological polar surface area (TPSA) is 72.8 Å². The third-order valence-corrected chi connectivity index (χ3v) is 2.18. The molecule has 17 heavy (non-hydrogen) atoms. The maximum atomic E-state index is 11.0. The molecule has 1 N–H and O–H groups in total. The Hall–Kier alpha value is -1.10. The van der Waals surface area contributed by atoms with Gasteiger partial charge in [-0.25, -0.2) is 0 Å². The van der Waals surface area contributed by atoms with Crippen molar-refractivity contribution in [2.75, 3.05) is 19.8 Å². The molecule has 0 rings (SSSR count). The molecule has 0 aliphatic carbocycles. The second-order valence-corrected chi connectivity index (χ2v) is 3.79. The molecule has 0 saturated carbocycles. The highest BCUT2D eigenvalue weighted by molar-refractivity contribution is 5.76. The minimum absolute atomic E-state index is 0.0775. The van der Waals surface area contributed by atoms with Crippen LogP contribution in [0.3, 0.4) is 0 Å². The summed E-state index contributed by atoms with van der Waals surface area (Å²) in [6.45, 7) is 3.42. The van der Waals surface area contributed by atoms with Crippen molar-refractivity contribution < 1.29 is 24.2 Å². The van der Waals surface area contributed by atoms with Crippen LogP contribution >= 0.6 is 0 Å². The summed E-state index contributed by atoms with van der Waals surface area (Å²) in [5.74, 6) is -1.48. The monoisotopic (exact) mass is 246 g/mol. The smallest absolute Gasteiger partial charge is 0.306 e. The van der Waals surface area contributed by atoms with Gasteiger partial charge in [-0.2, -0.15) is 0 Å². The van der Waals surface area contributed by atoms with E-state index in [1.165, 1.54) is 12.8 Å². The van der Waals surface area contributed by atoms with Gasteiger partial charge in [0, 0.05) is 6.61 Å². The van der Waals surface area contributed by atoms with E-state index in [1.807, 2.05) is 0 Å². The molecule has 5 nitrogen and oxygen atoms in total. The van der Waals surface area contributed by atoms with E-state index in [1.54, 1.807) is 0 Å². The molecule has 0 aliphatic rings. The average Bonchev–Trinajstić information content (AvgIpc) is 2.30. The number of esters is 1. The van der Waals surface area contributed by atoms with Crippen LogP contribution in [0.2, 0.25) is 0 Å². The summed E-state index contributed by atoms with van der Waals surface area (Å²) in [6, 6.07) is 0. The Balaban J connectivity index is 3.16. The molecule has 0 bridgehead atoms. The first-order valence-corrected chi connectivity index (χ1v) is 6.12. The first kappa shape index (κ1) is 15.9. The number of aliphatic carboxylic acids is 1. The highest BCUT2D eigenvalue weighted by atomic mass is 16.6. The molecule has 0 fully saturated rings. The van der Waals surface area contributed by atoms with Gasteiger partial charge in [0.1, 0.15) is 6.61 Å². The van der Waals surface area contributed by atoms with Crippen molar-refractivity contribution in [1.82, 2.24) is 0 Å². The van der Waals surface area contributed by atoms with Crippen LogP contribution in [0.4, 0.5) is 0 Å². The Morgan fingerprint density at radius 2 is 1.76 bits per heavy atom. The van der Waals surface area contributed by atoms with Gasteiger partial charge in [0.15, 0.2) is 0 Å². The van der Waals surface area contributed by atoms with E-state index in [0.717, 1.165) is 12.8 Å². The van der Waals surface area contributed by atoms with Crippen molar-refractivity contribution in [2.45, 2.75) is 45.4 Å². The highest BCUT2D eigenvalue weighted by Crippen LogP contribution is 1.99. The van der Waals surface area contributed by atoms with E-state index in [-0.39, 0.29) is 19.4 Å². The van der Waals surface area contributed by atoms with Crippen LogP contribution in [0.25, 0.3) is 0 Å². The number of carbonyl (C=O) groups is 2. The van der Waals surface area contributed by atoms with Gasteiger partial charge in [-0.15, -0.1) is 0 Å². The molecule has 100 valence electrons. The molecule has 0 heterocycles. The number of hydrogen-bond acceptors (Lipinski definition) is 4. The van der Waals surface area contributed by atoms with Gasteiger partial charge in [0.25, 0.3) is 0 Å². The Morgan fingerprint density at radius 1 is 1.00 bits per heavy atom. The van der Waals surface area contributed by atoms with E-state index >= 15 is 0 Å². The Bertz CT molecular complexity index is 215. The Kier molecular flexibility index (Phi) is 10.7. The van der Waals surface area contributed by atoms with Gasteiger partial charge in [0.2, 0.25) is 0 Å². The number of carbonyl (C=O) groups excluding carboxylic acids is 1. The molecule has 0 atom stereocenters. The fourth-order valence-electron chi connectivity index (χ4n) is 1.23. The second-order valence-electron chi connectivity index (χ2n) is 3.79. The fourth-order valence-corrected chi connectivity index (χ4v) is 1.23. The lowest BCUT2D eigenvalue weighted by molar-refractivity contribution is -0.148. The van der Waals surface area contributed by atoms with Gasteiger partial charge < -0.3 is 14.6 Å². The van der Waals surface area contributed by atoms with Gasteiger partial charge in [-0.05, 0) is 6.42 Å². The van der Waals surface area contributed by atoms with Crippen molar-refractivity contribution in [3.8, 4) is 0 Å². The molecule has 0 aromatic heterocycles. The first-order valence-electron chi connectivity index (χ1n) is 6.12. The summed E-state index contributed by atoms with van der Waals surface area (Å²) in [5, 5.41) is 8.34. The summed E-state index contributed by atoms with van der Waals surface area (Å²) in [5.41, 5.74) is 0. The van der Waals surface area contributed by atoms with Crippen molar-refractivity contribution in [1.29, 1.82) is 0 Å². The van der Waals surface area contributed by atoms with E-state index in [2.05, 4.69) is 6.92 Å². The van der Waals surface area contributed by atoms with E-state index < -0.39 is 11.9 Å². The molecule has 0 radical (unpaired) electrons. The second kappa shape index (κ2) is 11.4. The van der Waals surface area contributed by atoms with Gasteiger partial charge in [-0.1, -0.05) is 26.2 Å². The third kappa shape index (κ3) is 12.8. The molecule has 0 saturated heterocycles. The molecular formula is C12H22O5. The lowest BCUT2D eigenvalue weighted by Gasteiger charge is -2.05. The van der Waals surface area contributed by atoms with Crippen LogP contribution in [0.15, 0.2) is 0 Å². The Labute approximate surface area is 102 Å². The number of carboxylic acid groups (broad SMARTS) is 1. The molecule has 0 aliphatic heterocycles. The SMILES string of the molecule is CCCCCCOCCOC(=O)CCC(=O)O. The van der Waals surface area contributed by atoms with Crippen LogP contribution in [0, 0.1) is 0 Å². The van der Waals surface area contributed by atoms with Crippen LogP contribution in [0.1, 0.15) is 45.4 Å². The van der Waals surface area contributed by atoms with Crippen molar-refractivity contribution in [2.24, 2.45) is 0 Å². The third-order valence-electron chi connectivity index (χ3n) is 2.18. The number of hydrogen-bond donors (Lipinski definition) is 1. The minimum Gasteiger partial charge on any atom is -0.481 e. The summed E-state index contributed by atoms with van der Waals surface area (Å²) in [6.07, 6.45) is 4.34. The van der Waals surface area contributed by atoms with Gasteiger partial charge >= 0.3 is 11.9 Å².